The minimum Gasteiger partial charge on any atom is -0.461 e. The number of ketones is 1. The first-order chi connectivity index (χ1) is 22.5. The molecule has 2 rings (SSSR count). The van der Waals surface area contributed by atoms with E-state index in [9.17, 15) is 24.0 Å². The maximum atomic E-state index is 13.4. The Hall–Kier alpha value is -2.57. The molecule has 3 atom stereocenters. The molecule has 0 unspecified atom stereocenters. The number of ether oxygens (including phenoxy) is 2. The first kappa shape index (κ1) is 46.5. The SMILES string of the molecule is CC.CCC.CCC.CCCN(CCC)CC(=O)N[C@@H](C)C(=O)NCC(=O)N[C@@H](CC1CCCCC1)C(=O)[C@@]1(COC(=O)CN)CO1. The van der Waals surface area contributed by atoms with Gasteiger partial charge in [-0.1, -0.05) is 100 Å². The Morgan fingerprint density at radius 1 is 0.894 bits per heavy atom. The highest BCUT2D eigenvalue weighted by molar-refractivity contribution is 5.98. The van der Waals surface area contributed by atoms with Crippen molar-refractivity contribution in [3.8, 4) is 0 Å². The van der Waals surface area contributed by atoms with Gasteiger partial charge in [-0.15, -0.1) is 0 Å². The molecule has 1 saturated heterocycles. The molecule has 0 radical (unpaired) electrons. The average Bonchev–Trinajstić information content (AvgIpc) is 3.85. The van der Waals surface area contributed by atoms with E-state index in [1.54, 1.807) is 6.92 Å². The Balaban J connectivity index is 0. The lowest BCUT2D eigenvalue weighted by molar-refractivity contribution is -0.146. The lowest BCUT2D eigenvalue weighted by Gasteiger charge is -2.28. The number of nitrogens with one attached hydrogen (secondary N) is 3. The van der Waals surface area contributed by atoms with Gasteiger partial charge < -0.3 is 31.2 Å². The van der Waals surface area contributed by atoms with Crippen LogP contribution in [0.15, 0.2) is 0 Å². The van der Waals surface area contributed by atoms with E-state index in [4.69, 9.17) is 15.2 Å². The highest BCUT2D eigenvalue weighted by atomic mass is 16.6. The van der Waals surface area contributed by atoms with Crippen LogP contribution in [0, 0.1) is 5.92 Å². The third-order valence-corrected chi connectivity index (χ3v) is 7.16. The number of nitrogens with two attached hydrogens (primary N) is 1. The number of carbonyl (C=O) groups excluding carboxylic acids is 5. The van der Waals surface area contributed by atoms with Crippen LogP contribution in [-0.4, -0.2) is 98.0 Å². The van der Waals surface area contributed by atoms with Crippen LogP contribution < -0.4 is 21.7 Å². The second kappa shape index (κ2) is 28.4. The quantitative estimate of drug-likeness (QED) is 0.125. The summed E-state index contributed by atoms with van der Waals surface area (Å²) in [5.41, 5.74) is 4.01. The van der Waals surface area contributed by atoms with E-state index in [2.05, 4.69) is 43.6 Å². The second-order valence-corrected chi connectivity index (χ2v) is 12.1. The highest BCUT2D eigenvalue weighted by Crippen LogP contribution is 2.33. The molecule has 1 heterocycles. The van der Waals surface area contributed by atoms with E-state index in [0.29, 0.717) is 6.42 Å². The molecule has 47 heavy (non-hydrogen) atoms. The van der Waals surface area contributed by atoms with Crippen LogP contribution in [0.25, 0.3) is 0 Å². The third-order valence-electron chi connectivity index (χ3n) is 7.16. The summed E-state index contributed by atoms with van der Waals surface area (Å²) in [7, 11) is 0. The second-order valence-electron chi connectivity index (χ2n) is 12.1. The predicted molar refractivity (Wildman–Crippen MR) is 188 cm³/mol. The maximum absolute atomic E-state index is 13.4. The van der Waals surface area contributed by atoms with Crippen molar-refractivity contribution in [1.82, 2.24) is 20.9 Å². The molecule has 0 bridgehead atoms. The van der Waals surface area contributed by atoms with E-state index in [0.717, 1.165) is 58.0 Å². The van der Waals surface area contributed by atoms with E-state index in [1.165, 1.54) is 12.8 Å². The number of epoxide rings is 1. The van der Waals surface area contributed by atoms with Crippen molar-refractivity contribution >= 4 is 29.5 Å². The Morgan fingerprint density at radius 3 is 1.89 bits per heavy atom. The zero-order chi connectivity index (χ0) is 36.3. The smallest absolute Gasteiger partial charge is 0.319 e. The number of esters is 1. The zero-order valence-corrected chi connectivity index (χ0v) is 31.1. The van der Waals surface area contributed by atoms with Gasteiger partial charge in [0, 0.05) is 0 Å². The van der Waals surface area contributed by atoms with Gasteiger partial charge in [0.05, 0.1) is 32.3 Å². The molecule has 0 aromatic rings. The lowest BCUT2D eigenvalue weighted by Crippen LogP contribution is -2.53. The summed E-state index contributed by atoms with van der Waals surface area (Å²) in [5.74, 6) is -1.99. The predicted octanol–water partition coefficient (Wildman–Crippen LogP) is 3.88. The number of hydrogen-bond donors (Lipinski definition) is 4. The van der Waals surface area contributed by atoms with Crippen LogP contribution in [0.2, 0.25) is 0 Å². The average molecular weight is 672 g/mol. The summed E-state index contributed by atoms with van der Waals surface area (Å²) in [6.07, 6.45) is 10.0. The Morgan fingerprint density at radius 2 is 1.43 bits per heavy atom. The Bertz CT molecular complexity index is 868. The molecule has 12 heteroatoms. The van der Waals surface area contributed by atoms with Crippen LogP contribution in [0.1, 0.15) is 127 Å². The number of carbonyl (C=O) groups is 5. The van der Waals surface area contributed by atoms with Gasteiger partial charge in [-0.2, -0.15) is 0 Å². The summed E-state index contributed by atoms with van der Waals surface area (Å²) in [4.78, 5) is 64.6. The lowest BCUT2D eigenvalue weighted by atomic mass is 9.82. The van der Waals surface area contributed by atoms with Crippen LogP contribution in [0.4, 0.5) is 0 Å². The normalized spacial score (nSPS) is 17.9. The Kier molecular flexibility index (Phi) is 28.2. The molecule has 1 saturated carbocycles. The monoisotopic (exact) mass is 672 g/mol. The number of rotatable bonds is 18. The zero-order valence-electron chi connectivity index (χ0n) is 31.1. The van der Waals surface area contributed by atoms with Crippen molar-refractivity contribution in [2.24, 2.45) is 11.7 Å². The summed E-state index contributed by atoms with van der Waals surface area (Å²) in [5, 5.41) is 7.97. The largest absolute Gasteiger partial charge is 0.461 e. The van der Waals surface area contributed by atoms with Crippen LogP contribution >= 0.6 is 0 Å². The highest BCUT2D eigenvalue weighted by Gasteiger charge is 2.55. The number of nitrogens with zero attached hydrogens (tertiary/aromatic N) is 1. The Labute approximate surface area is 285 Å². The number of Topliss-reactive ketones (excluding diaryl/α,β-unsaturated/α-hetero) is 1. The van der Waals surface area contributed by atoms with Crippen molar-refractivity contribution in [3.05, 3.63) is 0 Å². The fourth-order valence-electron chi connectivity index (χ4n) is 4.97. The van der Waals surface area contributed by atoms with Gasteiger partial charge >= 0.3 is 5.97 Å². The van der Waals surface area contributed by atoms with Crippen molar-refractivity contribution < 1.29 is 33.4 Å². The first-order valence-corrected chi connectivity index (χ1v) is 18.1. The molecule has 2 fully saturated rings. The van der Waals surface area contributed by atoms with Crippen LogP contribution in [0.3, 0.4) is 0 Å². The van der Waals surface area contributed by atoms with Gasteiger partial charge in [-0.25, -0.2) is 0 Å². The van der Waals surface area contributed by atoms with Crippen molar-refractivity contribution in [1.29, 1.82) is 0 Å². The third kappa shape index (κ3) is 21.1. The topological polar surface area (TPSA) is 172 Å². The van der Waals surface area contributed by atoms with Gasteiger partial charge in [0.2, 0.25) is 17.7 Å². The molecule has 0 aromatic carbocycles. The van der Waals surface area contributed by atoms with E-state index in [1.807, 2.05) is 32.6 Å². The molecule has 1 aliphatic carbocycles. The maximum Gasteiger partial charge on any atom is 0.319 e. The van der Waals surface area contributed by atoms with Crippen LogP contribution in [-0.2, 0) is 33.4 Å². The molecular formula is C35H69N5O7. The minimum atomic E-state index is -1.27. The summed E-state index contributed by atoms with van der Waals surface area (Å²) < 4.78 is 10.5. The van der Waals surface area contributed by atoms with E-state index in [-0.39, 0.29) is 50.5 Å². The first-order valence-electron chi connectivity index (χ1n) is 18.1. The summed E-state index contributed by atoms with van der Waals surface area (Å²) in [6.45, 7) is 19.1. The van der Waals surface area contributed by atoms with Crippen molar-refractivity contribution in [3.63, 3.8) is 0 Å². The van der Waals surface area contributed by atoms with Gasteiger partial charge in [0.1, 0.15) is 12.6 Å². The molecule has 276 valence electrons. The van der Waals surface area contributed by atoms with E-state index < -0.39 is 35.5 Å². The summed E-state index contributed by atoms with van der Waals surface area (Å²) >= 11 is 0. The number of amides is 3. The van der Waals surface area contributed by atoms with Gasteiger partial charge in [-0.3, -0.25) is 28.9 Å². The number of hydrogen-bond acceptors (Lipinski definition) is 9. The molecular weight excluding hydrogens is 602 g/mol. The standard InChI is InChI=1S/C27H47N5O7.2C3H8.C2H6/c1-4-11-32(12-5-2)16-23(34)30-19(3)26(37)29-15-22(33)31-21(13-20-9-7-6-8-10-20)25(36)27(18-39-27)17-38-24(35)14-28;2*1-3-2;1-2/h19-21H,4-18,28H2,1-3H3,(H,29,37)(H,30,34)(H,31,33);2*3H2,1-2H3;1-2H3/t19-,21-,27+;;;/m0.../s1. The van der Waals surface area contributed by atoms with Gasteiger partial charge in [0.15, 0.2) is 11.4 Å². The molecule has 3 amide bonds. The molecule has 12 nitrogen and oxygen atoms in total. The fourth-order valence-corrected chi connectivity index (χ4v) is 4.97. The molecule has 2 aliphatic rings. The minimum absolute atomic E-state index is 0.0998. The summed E-state index contributed by atoms with van der Waals surface area (Å²) in [6, 6.07) is -1.66. The molecule has 0 spiro atoms. The van der Waals surface area contributed by atoms with Gasteiger partial charge in [0.25, 0.3) is 0 Å². The molecule has 0 aromatic heterocycles. The van der Waals surface area contributed by atoms with Gasteiger partial charge in [-0.05, 0) is 45.2 Å². The van der Waals surface area contributed by atoms with Crippen molar-refractivity contribution in [2.75, 3.05) is 45.9 Å². The fraction of sp³-hybridized carbons (Fsp3) is 0.857. The van der Waals surface area contributed by atoms with E-state index >= 15 is 0 Å². The van der Waals surface area contributed by atoms with Crippen molar-refractivity contribution in [2.45, 2.75) is 144 Å². The molecule has 1 aliphatic heterocycles. The van der Waals surface area contributed by atoms with Crippen LogP contribution in [0.5, 0.6) is 0 Å². The molecule has 5 N–H and O–H groups in total.